The van der Waals surface area contributed by atoms with Gasteiger partial charge in [-0.25, -0.2) is 0 Å². The molecule has 2 atom stereocenters. The molecule has 1 aromatic heterocycles. The van der Waals surface area contributed by atoms with Gasteiger partial charge in [0, 0.05) is 18.0 Å². The molecule has 2 aliphatic rings. The molecule has 1 amide bonds. The maximum atomic E-state index is 12.5. The molecule has 2 aromatic rings. The highest BCUT2D eigenvalue weighted by atomic mass is 16.1. The number of carbonyl (C=O) groups excluding carboxylic acids is 1. The van der Waals surface area contributed by atoms with E-state index in [9.17, 15) is 4.79 Å². The van der Waals surface area contributed by atoms with Gasteiger partial charge in [-0.15, -0.1) is 0 Å². The van der Waals surface area contributed by atoms with E-state index in [-0.39, 0.29) is 5.91 Å². The minimum atomic E-state index is -0.0598. The van der Waals surface area contributed by atoms with E-state index in [2.05, 4.69) is 20.4 Å². The molecule has 3 heterocycles. The van der Waals surface area contributed by atoms with Crippen molar-refractivity contribution in [3.05, 3.63) is 30.0 Å². The number of fused-ring (bicyclic) bond motifs is 2. The number of aromatic nitrogens is 2. The number of H-pyrrole nitrogens is 1. The van der Waals surface area contributed by atoms with Gasteiger partial charge in [0.1, 0.15) is 0 Å². The summed E-state index contributed by atoms with van der Waals surface area (Å²) in [5.41, 5.74) is 1.42. The van der Waals surface area contributed by atoms with E-state index in [0.717, 1.165) is 17.4 Å². The minimum Gasteiger partial charge on any atom is -0.350 e. The van der Waals surface area contributed by atoms with Gasteiger partial charge in [-0.1, -0.05) is 24.6 Å². The Hall–Kier alpha value is -1.88. The summed E-state index contributed by atoms with van der Waals surface area (Å²) in [6.45, 7) is 3.24. The molecule has 2 N–H and O–H groups in total. The Kier molecular flexibility index (Phi) is 4.04. The quantitative estimate of drug-likeness (QED) is 0.915. The lowest BCUT2D eigenvalue weighted by atomic mass is 9.83. The predicted octanol–water partition coefficient (Wildman–Crippen LogP) is 2.56. The molecule has 0 saturated carbocycles. The van der Waals surface area contributed by atoms with Gasteiger partial charge in [0.2, 0.25) is 0 Å². The Morgan fingerprint density at radius 2 is 2.09 bits per heavy atom. The van der Waals surface area contributed by atoms with Crippen molar-refractivity contribution in [2.24, 2.45) is 5.92 Å². The second-order valence-corrected chi connectivity index (χ2v) is 6.83. The van der Waals surface area contributed by atoms with Crippen LogP contribution in [0.2, 0.25) is 0 Å². The highest BCUT2D eigenvalue weighted by Crippen LogP contribution is 2.30. The molecule has 4 rings (SSSR count). The summed E-state index contributed by atoms with van der Waals surface area (Å²) in [6.07, 6.45) is 6.42. The molecule has 1 aromatic carbocycles. The normalized spacial score (nSPS) is 25.2. The maximum absolute atomic E-state index is 12.5. The predicted molar refractivity (Wildman–Crippen MR) is 90.4 cm³/mol. The molecular formula is C18H24N4O. The number of rotatable bonds is 3. The summed E-state index contributed by atoms with van der Waals surface area (Å²) in [5.74, 6) is 0.522. The van der Waals surface area contributed by atoms with Crippen LogP contribution in [-0.4, -0.2) is 46.7 Å². The molecule has 2 fully saturated rings. The summed E-state index contributed by atoms with van der Waals surface area (Å²) in [7, 11) is 0. The summed E-state index contributed by atoms with van der Waals surface area (Å²) >= 11 is 0. The molecule has 0 bridgehead atoms. The zero-order valence-corrected chi connectivity index (χ0v) is 13.4. The highest BCUT2D eigenvalue weighted by molar-refractivity contribution is 6.04. The first-order valence-electron chi connectivity index (χ1n) is 8.78. The van der Waals surface area contributed by atoms with Gasteiger partial charge in [-0.2, -0.15) is 5.10 Å². The number of benzene rings is 1. The van der Waals surface area contributed by atoms with Crippen molar-refractivity contribution in [1.82, 2.24) is 20.4 Å². The van der Waals surface area contributed by atoms with Crippen LogP contribution in [0.4, 0.5) is 0 Å². The SMILES string of the molecule is O=C(NC[C@@H]1CCCN2CCCC[C@@H]12)c1n[nH]c2ccccc12. The fourth-order valence-electron chi connectivity index (χ4n) is 4.26. The van der Waals surface area contributed by atoms with Gasteiger partial charge < -0.3 is 10.2 Å². The van der Waals surface area contributed by atoms with E-state index >= 15 is 0 Å². The van der Waals surface area contributed by atoms with Crippen LogP contribution >= 0.6 is 0 Å². The average Bonchev–Trinajstić information content (AvgIpc) is 3.04. The van der Waals surface area contributed by atoms with Gasteiger partial charge in [0.15, 0.2) is 5.69 Å². The standard InChI is InChI=1S/C18H24N4O/c23-18(17-14-7-1-2-8-15(14)20-21-17)19-12-13-6-5-11-22-10-4-3-9-16(13)22/h1-2,7-8,13,16H,3-6,9-12H2,(H,19,23)(H,20,21)/t13-,16-/m0/s1. The maximum Gasteiger partial charge on any atom is 0.272 e. The number of hydrogen-bond acceptors (Lipinski definition) is 3. The highest BCUT2D eigenvalue weighted by Gasteiger charge is 2.33. The number of carbonyl (C=O) groups is 1. The van der Waals surface area contributed by atoms with Crippen LogP contribution < -0.4 is 5.32 Å². The van der Waals surface area contributed by atoms with E-state index < -0.39 is 0 Å². The Labute approximate surface area is 136 Å². The van der Waals surface area contributed by atoms with Crippen LogP contribution in [0.15, 0.2) is 24.3 Å². The number of nitrogens with zero attached hydrogens (tertiary/aromatic N) is 2. The first-order chi connectivity index (χ1) is 11.3. The molecule has 0 spiro atoms. The fraction of sp³-hybridized carbons (Fsp3) is 0.556. The van der Waals surface area contributed by atoms with Gasteiger partial charge in [0.05, 0.1) is 5.52 Å². The molecule has 0 radical (unpaired) electrons. The first kappa shape index (κ1) is 14.7. The Balaban J connectivity index is 1.43. The van der Waals surface area contributed by atoms with Crippen LogP contribution in [0, 0.1) is 5.92 Å². The number of aromatic amines is 1. The first-order valence-corrected chi connectivity index (χ1v) is 8.78. The van der Waals surface area contributed by atoms with E-state index in [1.54, 1.807) is 0 Å². The lowest BCUT2D eigenvalue weighted by Crippen LogP contribution is -2.51. The zero-order valence-electron chi connectivity index (χ0n) is 13.4. The second-order valence-electron chi connectivity index (χ2n) is 6.83. The van der Waals surface area contributed by atoms with Crippen LogP contribution in [-0.2, 0) is 0 Å². The number of amides is 1. The molecule has 5 nitrogen and oxygen atoms in total. The molecule has 122 valence electrons. The van der Waals surface area contributed by atoms with Gasteiger partial charge in [-0.3, -0.25) is 9.89 Å². The van der Waals surface area contributed by atoms with E-state index in [1.807, 2.05) is 24.3 Å². The van der Waals surface area contributed by atoms with E-state index in [0.29, 0.717) is 17.7 Å². The average molecular weight is 312 g/mol. The Morgan fingerprint density at radius 1 is 1.22 bits per heavy atom. The molecule has 5 heteroatoms. The van der Waals surface area contributed by atoms with Crippen molar-refractivity contribution in [3.63, 3.8) is 0 Å². The van der Waals surface area contributed by atoms with Crippen molar-refractivity contribution < 1.29 is 4.79 Å². The topological polar surface area (TPSA) is 61.0 Å². The molecule has 2 saturated heterocycles. The summed E-state index contributed by atoms with van der Waals surface area (Å²) in [5, 5.41) is 11.2. The van der Waals surface area contributed by atoms with Crippen molar-refractivity contribution >= 4 is 16.8 Å². The van der Waals surface area contributed by atoms with Crippen molar-refractivity contribution in [1.29, 1.82) is 0 Å². The molecule has 0 unspecified atom stereocenters. The van der Waals surface area contributed by atoms with Crippen molar-refractivity contribution in [2.75, 3.05) is 19.6 Å². The van der Waals surface area contributed by atoms with E-state index in [4.69, 9.17) is 0 Å². The van der Waals surface area contributed by atoms with Gasteiger partial charge in [-0.05, 0) is 50.8 Å². The summed E-state index contributed by atoms with van der Waals surface area (Å²) < 4.78 is 0. The monoisotopic (exact) mass is 312 g/mol. The Bertz CT molecular complexity index is 693. The molecule has 23 heavy (non-hydrogen) atoms. The van der Waals surface area contributed by atoms with Crippen LogP contribution in [0.1, 0.15) is 42.6 Å². The zero-order chi connectivity index (χ0) is 15.6. The molecule has 2 aliphatic heterocycles. The molecule has 0 aliphatic carbocycles. The summed E-state index contributed by atoms with van der Waals surface area (Å²) in [6, 6.07) is 8.43. The fourth-order valence-corrected chi connectivity index (χ4v) is 4.26. The molecular weight excluding hydrogens is 288 g/mol. The number of hydrogen-bond donors (Lipinski definition) is 2. The summed E-state index contributed by atoms with van der Waals surface area (Å²) in [4.78, 5) is 15.1. The van der Waals surface area contributed by atoms with Crippen molar-refractivity contribution in [2.45, 2.75) is 38.1 Å². The lowest BCUT2D eigenvalue weighted by molar-refractivity contribution is 0.0575. The Morgan fingerprint density at radius 3 is 3.04 bits per heavy atom. The third-order valence-corrected chi connectivity index (χ3v) is 5.44. The third kappa shape index (κ3) is 2.85. The smallest absolute Gasteiger partial charge is 0.272 e. The van der Waals surface area contributed by atoms with E-state index in [1.165, 1.54) is 45.2 Å². The van der Waals surface area contributed by atoms with Gasteiger partial charge >= 0.3 is 0 Å². The number of para-hydroxylation sites is 1. The largest absolute Gasteiger partial charge is 0.350 e. The number of piperidine rings is 2. The van der Waals surface area contributed by atoms with Crippen LogP contribution in [0.5, 0.6) is 0 Å². The van der Waals surface area contributed by atoms with Crippen LogP contribution in [0.3, 0.4) is 0 Å². The van der Waals surface area contributed by atoms with Crippen molar-refractivity contribution in [3.8, 4) is 0 Å². The lowest BCUT2D eigenvalue weighted by Gasteiger charge is -2.44. The van der Waals surface area contributed by atoms with Crippen LogP contribution in [0.25, 0.3) is 10.9 Å². The second kappa shape index (κ2) is 6.32. The van der Waals surface area contributed by atoms with Gasteiger partial charge in [0.25, 0.3) is 5.91 Å². The number of nitrogens with one attached hydrogen (secondary N) is 2. The minimum absolute atomic E-state index is 0.0598. The third-order valence-electron chi connectivity index (χ3n) is 5.44.